The van der Waals surface area contributed by atoms with Crippen LogP contribution in [-0.2, 0) is 11.3 Å². The van der Waals surface area contributed by atoms with Crippen molar-refractivity contribution in [2.75, 3.05) is 13.7 Å². The van der Waals surface area contributed by atoms with Crippen LogP contribution in [0.15, 0.2) is 22.7 Å². The lowest BCUT2D eigenvalue weighted by Crippen LogP contribution is -2.22. The summed E-state index contributed by atoms with van der Waals surface area (Å²) in [4.78, 5) is 11.4. The molecule has 0 saturated heterocycles. The summed E-state index contributed by atoms with van der Waals surface area (Å²) in [5.74, 6) is 1.38. The van der Waals surface area contributed by atoms with Crippen LogP contribution in [0.5, 0.6) is 0 Å². The number of hydrogen-bond donors (Lipinski definition) is 1. The Bertz CT molecular complexity index is 457. The third-order valence-electron chi connectivity index (χ3n) is 3.68. The fourth-order valence-corrected chi connectivity index (χ4v) is 2.72. The van der Waals surface area contributed by atoms with E-state index in [0.717, 1.165) is 35.0 Å². The number of carbonyl (C=O) groups excluding carboxylic acids is 1. The lowest BCUT2D eigenvalue weighted by atomic mass is 10.1. The molecular weight excluding hydrogens is 306 g/mol. The van der Waals surface area contributed by atoms with Crippen molar-refractivity contribution in [3.8, 4) is 0 Å². The molecule has 1 aromatic carbocycles. The van der Waals surface area contributed by atoms with Gasteiger partial charge in [0, 0.05) is 11.0 Å². The van der Waals surface area contributed by atoms with Gasteiger partial charge in [-0.1, -0.05) is 28.9 Å². The number of esters is 1. The Balaban J connectivity index is 1.87. The minimum Gasteiger partial charge on any atom is -0.465 e. The lowest BCUT2D eigenvalue weighted by molar-refractivity contribution is 0.0600. The molecule has 3 nitrogen and oxygen atoms in total. The lowest BCUT2D eigenvalue weighted by Gasteiger charge is -2.12. The fourth-order valence-electron chi connectivity index (χ4n) is 2.20. The van der Waals surface area contributed by atoms with Crippen LogP contribution < -0.4 is 5.32 Å². The summed E-state index contributed by atoms with van der Waals surface area (Å²) in [6.07, 6.45) is 2.78. The highest BCUT2D eigenvalue weighted by Gasteiger charge is 2.27. The van der Waals surface area contributed by atoms with E-state index in [9.17, 15) is 4.79 Å². The maximum atomic E-state index is 11.4. The zero-order chi connectivity index (χ0) is 13.8. The zero-order valence-electron chi connectivity index (χ0n) is 11.4. The fraction of sp³-hybridized carbons (Fsp3) is 0.533. The van der Waals surface area contributed by atoms with Gasteiger partial charge < -0.3 is 10.1 Å². The van der Waals surface area contributed by atoms with Crippen molar-refractivity contribution < 1.29 is 9.53 Å². The van der Waals surface area contributed by atoms with Crippen molar-refractivity contribution in [1.29, 1.82) is 0 Å². The molecule has 0 spiro atoms. The highest BCUT2D eigenvalue weighted by molar-refractivity contribution is 9.10. The Morgan fingerprint density at radius 1 is 1.53 bits per heavy atom. The predicted octanol–water partition coefficient (Wildman–Crippen LogP) is 3.37. The molecule has 1 fully saturated rings. The molecule has 0 aliphatic heterocycles. The molecule has 1 unspecified atom stereocenters. The van der Waals surface area contributed by atoms with Crippen molar-refractivity contribution in [2.45, 2.75) is 26.3 Å². The van der Waals surface area contributed by atoms with Crippen LogP contribution in [-0.4, -0.2) is 19.6 Å². The van der Waals surface area contributed by atoms with Crippen LogP contribution in [0.3, 0.4) is 0 Å². The molecule has 1 aliphatic carbocycles. The van der Waals surface area contributed by atoms with E-state index in [1.54, 1.807) is 6.07 Å². The Morgan fingerprint density at radius 3 is 2.84 bits per heavy atom. The normalized spacial score (nSPS) is 16.2. The van der Waals surface area contributed by atoms with Crippen LogP contribution in [0, 0.1) is 11.8 Å². The molecule has 0 amide bonds. The van der Waals surface area contributed by atoms with Crippen LogP contribution in [0.25, 0.3) is 0 Å². The average Bonchev–Trinajstić information content (AvgIpc) is 3.23. The molecule has 2 rings (SSSR count). The van der Waals surface area contributed by atoms with E-state index in [0.29, 0.717) is 5.56 Å². The van der Waals surface area contributed by atoms with Gasteiger partial charge in [-0.2, -0.15) is 0 Å². The Kier molecular flexibility index (Phi) is 4.99. The van der Waals surface area contributed by atoms with E-state index in [2.05, 4.69) is 28.2 Å². The van der Waals surface area contributed by atoms with Gasteiger partial charge in [0.2, 0.25) is 0 Å². The predicted molar refractivity (Wildman–Crippen MR) is 79.1 cm³/mol. The minimum atomic E-state index is -0.303. The van der Waals surface area contributed by atoms with Crippen LogP contribution in [0.2, 0.25) is 0 Å². The van der Waals surface area contributed by atoms with Crippen LogP contribution >= 0.6 is 15.9 Å². The highest BCUT2D eigenvalue weighted by atomic mass is 79.9. The maximum Gasteiger partial charge on any atom is 0.337 e. The van der Waals surface area contributed by atoms with Crippen molar-refractivity contribution in [3.63, 3.8) is 0 Å². The summed E-state index contributed by atoms with van der Waals surface area (Å²) in [5, 5.41) is 3.48. The monoisotopic (exact) mass is 325 g/mol. The smallest absolute Gasteiger partial charge is 0.337 e. The van der Waals surface area contributed by atoms with Crippen LogP contribution in [0.1, 0.15) is 35.7 Å². The van der Waals surface area contributed by atoms with E-state index in [1.165, 1.54) is 20.0 Å². The number of hydrogen-bond acceptors (Lipinski definition) is 3. The number of ether oxygens (including phenoxy) is 1. The minimum absolute atomic E-state index is 0.303. The molecule has 1 atom stereocenters. The first kappa shape index (κ1) is 14.5. The third-order valence-corrected chi connectivity index (χ3v) is 4.42. The number of rotatable bonds is 6. The number of benzene rings is 1. The first-order chi connectivity index (χ1) is 9.11. The third kappa shape index (κ3) is 4.05. The highest BCUT2D eigenvalue weighted by Crippen LogP contribution is 2.36. The Labute approximate surface area is 122 Å². The summed E-state index contributed by atoms with van der Waals surface area (Å²) in [7, 11) is 1.39. The molecule has 1 aliphatic rings. The SMILES string of the molecule is COC(=O)c1ccc(CNCC(C)C2CC2)c(Br)c1. The van der Waals surface area contributed by atoms with Crippen molar-refractivity contribution in [2.24, 2.45) is 11.8 Å². The van der Waals surface area contributed by atoms with Gasteiger partial charge in [-0.3, -0.25) is 0 Å². The van der Waals surface area contributed by atoms with Crippen molar-refractivity contribution in [3.05, 3.63) is 33.8 Å². The molecule has 1 saturated carbocycles. The van der Waals surface area contributed by atoms with Crippen molar-refractivity contribution in [1.82, 2.24) is 5.32 Å². The largest absolute Gasteiger partial charge is 0.465 e. The number of methoxy groups -OCH3 is 1. The molecule has 0 bridgehead atoms. The van der Waals surface area contributed by atoms with Gasteiger partial charge in [0.25, 0.3) is 0 Å². The molecule has 1 N–H and O–H groups in total. The quantitative estimate of drug-likeness (QED) is 0.815. The standard InChI is InChI=1S/C15H20BrNO2/c1-10(11-3-4-11)8-17-9-13-6-5-12(7-14(13)16)15(18)19-2/h5-7,10-11,17H,3-4,8-9H2,1-2H3. The Hall–Kier alpha value is -0.870. The molecular formula is C15H20BrNO2. The summed E-state index contributed by atoms with van der Waals surface area (Å²) >= 11 is 3.51. The van der Waals surface area contributed by atoms with E-state index >= 15 is 0 Å². The first-order valence-corrected chi connectivity index (χ1v) is 7.48. The summed E-state index contributed by atoms with van der Waals surface area (Å²) in [6, 6.07) is 5.58. The van der Waals surface area contributed by atoms with Gasteiger partial charge in [0.05, 0.1) is 12.7 Å². The number of nitrogens with one attached hydrogen (secondary N) is 1. The van der Waals surface area contributed by atoms with E-state index in [-0.39, 0.29) is 5.97 Å². The van der Waals surface area contributed by atoms with Gasteiger partial charge in [0.15, 0.2) is 0 Å². The second kappa shape index (κ2) is 6.53. The van der Waals surface area contributed by atoms with Crippen LogP contribution in [0.4, 0.5) is 0 Å². The Morgan fingerprint density at radius 2 is 2.26 bits per heavy atom. The molecule has 0 radical (unpaired) electrons. The second-order valence-corrected chi connectivity index (χ2v) is 6.10. The van der Waals surface area contributed by atoms with E-state index in [4.69, 9.17) is 4.74 Å². The molecule has 1 aromatic rings. The molecule has 4 heteroatoms. The van der Waals surface area contributed by atoms with Gasteiger partial charge in [0.1, 0.15) is 0 Å². The molecule has 19 heavy (non-hydrogen) atoms. The van der Waals surface area contributed by atoms with Gasteiger partial charge in [-0.05, 0) is 48.9 Å². The maximum absolute atomic E-state index is 11.4. The number of halogens is 1. The summed E-state index contributed by atoms with van der Waals surface area (Å²) < 4.78 is 5.65. The number of carbonyl (C=O) groups is 1. The second-order valence-electron chi connectivity index (χ2n) is 5.24. The van der Waals surface area contributed by atoms with E-state index < -0.39 is 0 Å². The molecule has 104 valence electrons. The van der Waals surface area contributed by atoms with Gasteiger partial charge in [-0.15, -0.1) is 0 Å². The molecule has 0 aromatic heterocycles. The topological polar surface area (TPSA) is 38.3 Å². The van der Waals surface area contributed by atoms with Crippen molar-refractivity contribution >= 4 is 21.9 Å². The summed E-state index contributed by atoms with van der Waals surface area (Å²) in [5.41, 5.74) is 1.74. The van der Waals surface area contributed by atoms with Gasteiger partial charge >= 0.3 is 5.97 Å². The molecule has 0 heterocycles. The zero-order valence-corrected chi connectivity index (χ0v) is 13.0. The first-order valence-electron chi connectivity index (χ1n) is 6.69. The van der Waals surface area contributed by atoms with Gasteiger partial charge in [-0.25, -0.2) is 4.79 Å². The van der Waals surface area contributed by atoms with E-state index in [1.807, 2.05) is 12.1 Å². The average molecular weight is 326 g/mol. The summed E-state index contributed by atoms with van der Waals surface area (Å²) in [6.45, 7) is 4.18.